The third-order valence-electron chi connectivity index (χ3n) is 13.1. The zero-order valence-corrected chi connectivity index (χ0v) is 22.4. The van der Waals surface area contributed by atoms with Crippen LogP contribution in [0.2, 0.25) is 0 Å². The van der Waals surface area contributed by atoms with E-state index in [0.29, 0.717) is 35.5 Å². The molecule has 0 N–H and O–H groups in total. The van der Waals surface area contributed by atoms with E-state index in [0.717, 1.165) is 32.1 Å². The van der Waals surface area contributed by atoms with Crippen LogP contribution in [0.15, 0.2) is 22.3 Å². The highest BCUT2D eigenvalue weighted by Gasteiger charge is 2.79. The highest BCUT2D eigenvalue weighted by molar-refractivity contribution is 5.85. The Morgan fingerprint density at radius 1 is 1.06 bits per heavy atom. The van der Waals surface area contributed by atoms with Gasteiger partial charge in [-0.3, -0.25) is 9.59 Å². The third kappa shape index (κ3) is 2.37. The normalized spacial score (nSPS) is 53.6. The summed E-state index contributed by atoms with van der Waals surface area (Å²) in [6, 6.07) is 0. The van der Waals surface area contributed by atoms with Crippen molar-refractivity contribution in [3.05, 3.63) is 22.3 Å². The average molecular weight is 479 g/mol. The molecule has 190 valence electrons. The number of carbonyl (C=O) groups is 2. The molecule has 7 rings (SSSR count). The molecule has 6 aliphatic carbocycles. The Kier molecular flexibility index (Phi) is 4.42. The predicted molar refractivity (Wildman–Crippen MR) is 133 cm³/mol. The van der Waals surface area contributed by atoms with Gasteiger partial charge >= 0.3 is 11.9 Å². The lowest BCUT2D eigenvalue weighted by molar-refractivity contribution is -0.150. The van der Waals surface area contributed by atoms with Crippen LogP contribution in [0.25, 0.3) is 0 Å². The number of carbonyl (C=O) groups excluding carboxylic acids is 2. The lowest BCUT2D eigenvalue weighted by Gasteiger charge is -2.44. The molecule has 4 nitrogen and oxygen atoms in total. The quantitative estimate of drug-likeness (QED) is 0.330. The van der Waals surface area contributed by atoms with E-state index < -0.39 is 0 Å². The average Bonchev–Trinajstić information content (AvgIpc) is 3.14. The second kappa shape index (κ2) is 6.84. The van der Waals surface area contributed by atoms with Crippen molar-refractivity contribution in [3.63, 3.8) is 0 Å². The molecule has 1 heterocycles. The van der Waals surface area contributed by atoms with Gasteiger partial charge in [-0.1, -0.05) is 30.6 Å². The van der Waals surface area contributed by atoms with Crippen LogP contribution < -0.4 is 0 Å². The fourth-order valence-corrected chi connectivity index (χ4v) is 11.3. The maximum absolute atomic E-state index is 14.1. The highest BCUT2D eigenvalue weighted by Crippen LogP contribution is 2.81. The Balaban J connectivity index is 1.35. The minimum absolute atomic E-state index is 0.00189. The summed E-state index contributed by atoms with van der Waals surface area (Å²) >= 11 is 0. The number of rotatable bonds is 1. The molecule has 7 aliphatic rings. The number of hydrogen-bond acceptors (Lipinski definition) is 4. The molecule has 4 saturated carbocycles. The standard InChI is InChI=1S/C31H42O4/c1-15-8-11-21-26(23-16(2)7-10-19(15)23)35-28(33)31(21)14-30-13-22(31)18(4)24(30)25-20(12-9-17(30)3)29(25,5)27(32)34-6/h15,17,19-22,25-26H,7-14H2,1-6H3/t15-,17-,19-,20-,21-,22+,25-,26-,29-,30-,31-/m0/s1. The van der Waals surface area contributed by atoms with Crippen molar-refractivity contribution in [2.45, 2.75) is 92.1 Å². The third-order valence-corrected chi connectivity index (χ3v) is 13.1. The lowest BCUT2D eigenvalue weighted by Crippen LogP contribution is -2.43. The van der Waals surface area contributed by atoms with E-state index in [9.17, 15) is 9.59 Å². The van der Waals surface area contributed by atoms with E-state index in [1.807, 2.05) is 0 Å². The van der Waals surface area contributed by atoms with Crippen LogP contribution in [-0.2, 0) is 19.1 Å². The second-order valence-corrected chi connectivity index (χ2v) is 13.9. The van der Waals surface area contributed by atoms with Gasteiger partial charge < -0.3 is 9.47 Å². The smallest absolute Gasteiger partial charge is 0.313 e. The summed E-state index contributed by atoms with van der Waals surface area (Å²) in [5.41, 5.74) is 5.29. The van der Waals surface area contributed by atoms with Gasteiger partial charge in [-0.2, -0.15) is 0 Å². The molecule has 0 amide bonds. The summed E-state index contributed by atoms with van der Waals surface area (Å²) in [5, 5.41) is 0. The van der Waals surface area contributed by atoms with Crippen LogP contribution in [0.5, 0.6) is 0 Å². The van der Waals surface area contributed by atoms with Gasteiger partial charge in [0.05, 0.1) is 17.9 Å². The number of esters is 2. The van der Waals surface area contributed by atoms with E-state index in [1.165, 1.54) is 43.1 Å². The molecule has 2 bridgehead atoms. The van der Waals surface area contributed by atoms with Crippen LogP contribution in [0.1, 0.15) is 86.0 Å². The molecule has 0 unspecified atom stereocenters. The first-order valence-corrected chi connectivity index (χ1v) is 14.3. The Hall–Kier alpha value is -1.58. The predicted octanol–water partition coefficient (Wildman–Crippen LogP) is 6.25. The Morgan fingerprint density at radius 3 is 2.54 bits per heavy atom. The zero-order chi connectivity index (χ0) is 24.7. The van der Waals surface area contributed by atoms with Gasteiger partial charge in [-0.05, 0) is 113 Å². The Labute approximate surface area is 210 Å². The monoisotopic (exact) mass is 478 g/mol. The van der Waals surface area contributed by atoms with Crippen molar-refractivity contribution in [1.82, 2.24) is 0 Å². The number of methoxy groups -OCH3 is 1. The van der Waals surface area contributed by atoms with E-state index >= 15 is 0 Å². The summed E-state index contributed by atoms with van der Waals surface area (Å²) in [6.45, 7) is 11.6. The molecule has 0 aromatic heterocycles. The van der Waals surface area contributed by atoms with Gasteiger partial charge in [0.1, 0.15) is 6.10 Å². The van der Waals surface area contributed by atoms with Crippen molar-refractivity contribution in [2.24, 2.45) is 57.7 Å². The fraction of sp³-hybridized carbons (Fsp3) is 0.806. The molecule has 1 aliphatic heterocycles. The number of allylic oxidation sites excluding steroid dienone is 3. The molecule has 0 radical (unpaired) electrons. The van der Waals surface area contributed by atoms with Crippen LogP contribution in [0.3, 0.4) is 0 Å². The van der Waals surface area contributed by atoms with Crippen LogP contribution in [0.4, 0.5) is 0 Å². The summed E-state index contributed by atoms with van der Waals surface area (Å²) in [4.78, 5) is 27.0. The summed E-state index contributed by atoms with van der Waals surface area (Å²) in [6.07, 6.45) is 8.99. The first kappa shape index (κ1) is 22.6. The lowest BCUT2D eigenvalue weighted by atomic mass is 9.57. The first-order chi connectivity index (χ1) is 16.6. The molecule has 35 heavy (non-hydrogen) atoms. The van der Waals surface area contributed by atoms with E-state index in [4.69, 9.17) is 9.47 Å². The topological polar surface area (TPSA) is 52.6 Å². The first-order valence-electron chi connectivity index (χ1n) is 14.3. The summed E-state index contributed by atoms with van der Waals surface area (Å²) in [7, 11) is 1.54. The van der Waals surface area contributed by atoms with Crippen molar-refractivity contribution in [3.8, 4) is 0 Å². The maximum Gasteiger partial charge on any atom is 0.313 e. The number of ether oxygens (including phenoxy) is 2. The van der Waals surface area contributed by atoms with Gasteiger partial charge in [-0.15, -0.1) is 0 Å². The molecule has 1 saturated heterocycles. The molecule has 4 heteroatoms. The summed E-state index contributed by atoms with van der Waals surface area (Å²) in [5.74, 6) is 3.17. The van der Waals surface area contributed by atoms with E-state index in [1.54, 1.807) is 5.57 Å². The van der Waals surface area contributed by atoms with E-state index in [-0.39, 0.29) is 40.2 Å². The largest absolute Gasteiger partial charge is 0.469 e. The second-order valence-electron chi connectivity index (χ2n) is 13.9. The van der Waals surface area contributed by atoms with Crippen LogP contribution >= 0.6 is 0 Å². The number of hydrogen-bond donors (Lipinski definition) is 0. The minimum atomic E-state index is -0.383. The van der Waals surface area contributed by atoms with Crippen molar-refractivity contribution in [2.75, 3.05) is 7.11 Å². The molecule has 11 atom stereocenters. The molecule has 2 spiro atoms. The van der Waals surface area contributed by atoms with Gasteiger partial charge in [0.25, 0.3) is 0 Å². The van der Waals surface area contributed by atoms with Gasteiger partial charge in [0.2, 0.25) is 0 Å². The van der Waals surface area contributed by atoms with Crippen molar-refractivity contribution in [1.29, 1.82) is 0 Å². The minimum Gasteiger partial charge on any atom is -0.469 e. The van der Waals surface area contributed by atoms with Crippen LogP contribution in [0, 0.1) is 57.7 Å². The molecular formula is C31H42O4. The van der Waals surface area contributed by atoms with Gasteiger partial charge in [0.15, 0.2) is 0 Å². The zero-order valence-electron chi connectivity index (χ0n) is 22.4. The Morgan fingerprint density at radius 2 is 1.80 bits per heavy atom. The van der Waals surface area contributed by atoms with Crippen LogP contribution in [-0.4, -0.2) is 25.2 Å². The van der Waals surface area contributed by atoms with Gasteiger partial charge in [0, 0.05) is 11.8 Å². The molecule has 0 aromatic rings. The fourth-order valence-electron chi connectivity index (χ4n) is 11.3. The molecule has 5 fully saturated rings. The van der Waals surface area contributed by atoms with Crippen molar-refractivity contribution >= 4 is 11.9 Å². The van der Waals surface area contributed by atoms with Crippen molar-refractivity contribution < 1.29 is 19.1 Å². The molecular weight excluding hydrogens is 436 g/mol. The SMILES string of the molecule is COC(=O)[C@]1(C)[C@@H]2C3=C(C)[C@H]4C[C@]3(C[C@@]43C(=O)O[C@@H]4C5=C(C)CC[C@H]5[C@@H](C)CC[C@@H]43)[C@@H](C)CC[C@@H]21. The highest BCUT2D eigenvalue weighted by atomic mass is 16.6. The van der Waals surface area contributed by atoms with Gasteiger partial charge in [-0.25, -0.2) is 0 Å². The molecule has 0 aromatic carbocycles. The Bertz CT molecular complexity index is 1100. The van der Waals surface area contributed by atoms with E-state index in [2.05, 4.69) is 34.6 Å². The summed E-state index contributed by atoms with van der Waals surface area (Å²) < 4.78 is 11.8. The maximum atomic E-state index is 14.1. The number of fused-ring (bicyclic) bond motifs is 8.